The highest BCUT2D eigenvalue weighted by atomic mass is 16.2. The molecule has 2 N–H and O–H groups in total. The Balaban J connectivity index is 1.56. The molecule has 3 aromatic rings. The highest BCUT2D eigenvalue weighted by Gasteiger charge is 2.26. The first-order valence-corrected chi connectivity index (χ1v) is 7.71. The van der Waals surface area contributed by atoms with Crippen molar-refractivity contribution in [3.63, 3.8) is 0 Å². The van der Waals surface area contributed by atoms with Gasteiger partial charge in [-0.3, -0.25) is 19.7 Å². The minimum absolute atomic E-state index is 0.00163. The molecule has 26 heavy (non-hydrogen) atoms. The fraction of sp³-hybridized carbons (Fsp3) is 0.0588. The van der Waals surface area contributed by atoms with E-state index in [1.807, 2.05) is 6.07 Å². The zero-order valence-electron chi connectivity index (χ0n) is 13.3. The summed E-state index contributed by atoms with van der Waals surface area (Å²) < 4.78 is 1.31. The number of hydrogen-bond donors (Lipinski definition) is 2. The Morgan fingerprint density at radius 3 is 2.65 bits per heavy atom. The number of tetrazole rings is 1. The Kier molecular flexibility index (Phi) is 3.73. The van der Waals surface area contributed by atoms with E-state index < -0.39 is 5.91 Å². The number of carbonyl (C=O) groups excluding carboxylic acids is 3. The van der Waals surface area contributed by atoms with Crippen molar-refractivity contribution >= 4 is 23.4 Å². The van der Waals surface area contributed by atoms with Gasteiger partial charge in [-0.1, -0.05) is 18.2 Å². The van der Waals surface area contributed by atoms with Crippen molar-refractivity contribution < 1.29 is 14.4 Å². The van der Waals surface area contributed by atoms with E-state index in [0.29, 0.717) is 16.8 Å². The molecule has 1 aliphatic heterocycles. The molecule has 9 heteroatoms. The molecular formula is C17H12N6O3. The van der Waals surface area contributed by atoms with Gasteiger partial charge in [-0.05, 0) is 45.8 Å². The van der Waals surface area contributed by atoms with Crippen LogP contribution >= 0.6 is 0 Å². The Morgan fingerprint density at radius 2 is 1.85 bits per heavy atom. The number of nitrogens with one attached hydrogen (secondary N) is 2. The number of anilines is 1. The highest BCUT2D eigenvalue weighted by molar-refractivity contribution is 6.21. The third kappa shape index (κ3) is 2.93. The first-order valence-electron chi connectivity index (χ1n) is 7.71. The standard InChI is InChI=1S/C17H12N6O3/c24-15(8-23-9-18-21-22-23)19-12-3-1-2-10(6-12)11-4-5-13-14(7-11)17(26)20-16(13)25/h1-7,9H,8H2,(H,19,24)(H,20,25,26). The Labute approximate surface area is 147 Å². The summed E-state index contributed by atoms with van der Waals surface area (Å²) in [5.74, 6) is -1.06. The van der Waals surface area contributed by atoms with E-state index in [1.165, 1.54) is 11.0 Å². The highest BCUT2D eigenvalue weighted by Crippen LogP contribution is 2.27. The van der Waals surface area contributed by atoms with E-state index in [4.69, 9.17) is 0 Å². The minimum atomic E-state index is -0.405. The topological polar surface area (TPSA) is 119 Å². The Morgan fingerprint density at radius 1 is 1.04 bits per heavy atom. The molecular weight excluding hydrogens is 336 g/mol. The fourth-order valence-corrected chi connectivity index (χ4v) is 2.72. The largest absolute Gasteiger partial charge is 0.324 e. The van der Waals surface area contributed by atoms with Crippen LogP contribution in [0.25, 0.3) is 11.1 Å². The number of benzene rings is 2. The number of amides is 3. The first kappa shape index (κ1) is 15.6. The summed E-state index contributed by atoms with van der Waals surface area (Å²) >= 11 is 0. The maximum atomic E-state index is 12.0. The number of nitrogens with zero attached hydrogens (tertiary/aromatic N) is 4. The van der Waals surface area contributed by atoms with Gasteiger partial charge in [-0.2, -0.15) is 0 Å². The number of fused-ring (bicyclic) bond motifs is 1. The molecule has 0 saturated carbocycles. The lowest BCUT2D eigenvalue weighted by Gasteiger charge is -2.08. The number of carbonyl (C=O) groups is 3. The zero-order valence-corrected chi connectivity index (χ0v) is 13.3. The summed E-state index contributed by atoms with van der Waals surface area (Å²) in [4.78, 5) is 35.5. The van der Waals surface area contributed by atoms with Gasteiger partial charge >= 0.3 is 0 Å². The van der Waals surface area contributed by atoms with Crippen LogP contribution in [0.4, 0.5) is 5.69 Å². The normalized spacial score (nSPS) is 12.6. The van der Waals surface area contributed by atoms with Crippen molar-refractivity contribution in [3.8, 4) is 11.1 Å². The first-order chi connectivity index (χ1) is 12.6. The molecule has 2 aromatic carbocycles. The Hall–Kier alpha value is -3.88. The van der Waals surface area contributed by atoms with Gasteiger partial charge in [-0.15, -0.1) is 5.10 Å². The maximum Gasteiger partial charge on any atom is 0.258 e. The van der Waals surface area contributed by atoms with Crippen molar-refractivity contribution in [2.45, 2.75) is 6.54 Å². The molecule has 2 heterocycles. The van der Waals surface area contributed by atoms with Crippen LogP contribution in [0.15, 0.2) is 48.8 Å². The third-order valence-corrected chi connectivity index (χ3v) is 3.91. The van der Waals surface area contributed by atoms with E-state index in [-0.39, 0.29) is 18.4 Å². The fourth-order valence-electron chi connectivity index (χ4n) is 2.72. The van der Waals surface area contributed by atoms with Crippen LogP contribution in [-0.2, 0) is 11.3 Å². The lowest BCUT2D eigenvalue weighted by Crippen LogP contribution is -2.19. The molecule has 9 nitrogen and oxygen atoms in total. The van der Waals surface area contributed by atoms with Crippen molar-refractivity contribution in [2.24, 2.45) is 0 Å². The van der Waals surface area contributed by atoms with E-state index in [0.717, 1.165) is 11.1 Å². The van der Waals surface area contributed by atoms with Crippen molar-refractivity contribution in [1.82, 2.24) is 25.5 Å². The molecule has 0 atom stereocenters. The number of imide groups is 1. The summed E-state index contributed by atoms with van der Waals surface area (Å²) in [7, 11) is 0. The van der Waals surface area contributed by atoms with E-state index in [9.17, 15) is 14.4 Å². The summed E-state index contributed by atoms with van der Waals surface area (Å²) in [5, 5.41) is 15.6. The molecule has 0 fully saturated rings. The molecule has 1 aromatic heterocycles. The SMILES string of the molecule is O=C(Cn1cnnn1)Nc1cccc(-c2ccc3c(c2)C(=O)NC3=O)c1. The van der Waals surface area contributed by atoms with Gasteiger partial charge in [-0.25, -0.2) is 4.68 Å². The zero-order chi connectivity index (χ0) is 18.1. The molecule has 1 aliphatic rings. The van der Waals surface area contributed by atoms with Crippen LogP contribution in [0.5, 0.6) is 0 Å². The summed E-state index contributed by atoms with van der Waals surface area (Å²) in [6.07, 6.45) is 1.35. The second-order valence-electron chi connectivity index (χ2n) is 5.68. The van der Waals surface area contributed by atoms with E-state index in [2.05, 4.69) is 26.2 Å². The quantitative estimate of drug-likeness (QED) is 0.675. The van der Waals surface area contributed by atoms with Crippen LogP contribution in [0.2, 0.25) is 0 Å². The summed E-state index contributed by atoms with van der Waals surface area (Å²) in [6.45, 7) is -0.00163. The van der Waals surface area contributed by atoms with Gasteiger partial charge in [0.15, 0.2) is 0 Å². The second-order valence-corrected chi connectivity index (χ2v) is 5.68. The molecule has 0 bridgehead atoms. The lowest BCUT2D eigenvalue weighted by atomic mass is 10.00. The molecule has 3 amide bonds. The second kappa shape index (κ2) is 6.20. The Bertz CT molecular complexity index is 1030. The van der Waals surface area contributed by atoms with Crippen LogP contribution in [0.3, 0.4) is 0 Å². The molecule has 0 aliphatic carbocycles. The molecule has 0 spiro atoms. The smallest absolute Gasteiger partial charge is 0.258 e. The molecule has 0 radical (unpaired) electrons. The van der Waals surface area contributed by atoms with Crippen LogP contribution in [-0.4, -0.2) is 37.9 Å². The van der Waals surface area contributed by atoms with Crippen molar-refractivity contribution in [1.29, 1.82) is 0 Å². The average Bonchev–Trinajstić information content (AvgIpc) is 3.23. The van der Waals surface area contributed by atoms with Crippen LogP contribution in [0.1, 0.15) is 20.7 Å². The van der Waals surface area contributed by atoms with Gasteiger partial charge < -0.3 is 5.32 Å². The van der Waals surface area contributed by atoms with Crippen molar-refractivity contribution in [2.75, 3.05) is 5.32 Å². The van der Waals surface area contributed by atoms with E-state index >= 15 is 0 Å². The van der Waals surface area contributed by atoms with Gasteiger partial charge in [0.1, 0.15) is 12.9 Å². The number of rotatable bonds is 4. The van der Waals surface area contributed by atoms with Crippen LogP contribution in [0, 0.1) is 0 Å². The predicted octanol–water partition coefficient (Wildman–Crippen LogP) is 0.862. The molecule has 0 unspecified atom stereocenters. The monoisotopic (exact) mass is 348 g/mol. The molecule has 128 valence electrons. The van der Waals surface area contributed by atoms with Crippen molar-refractivity contribution in [3.05, 3.63) is 59.9 Å². The predicted molar refractivity (Wildman–Crippen MR) is 90.1 cm³/mol. The van der Waals surface area contributed by atoms with Gasteiger partial charge in [0.25, 0.3) is 11.8 Å². The molecule has 4 rings (SSSR count). The average molecular weight is 348 g/mol. The minimum Gasteiger partial charge on any atom is -0.324 e. The number of hydrogen-bond acceptors (Lipinski definition) is 6. The number of aromatic nitrogens is 4. The third-order valence-electron chi connectivity index (χ3n) is 3.91. The van der Waals surface area contributed by atoms with Gasteiger partial charge in [0.2, 0.25) is 5.91 Å². The van der Waals surface area contributed by atoms with E-state index in [1.54, 1.807) is 36.4 Å². The summed E-state index contributed by atoms with van der Waals surface area (Å²) in [5.41, 5.74) is 2.89. The van der Waals surface area contributed by atoms with Gasteiger partial charge in [0.05, 0.1) is 11.1 Å². The van der Waals surface area contributed by atoms with Crippen LogP contribution < -0.4 is 10.6 Å². The van der Waals surface area contributed by atoms with Gasteiger partial charge in [0, 0.05) is 5.69 Å². The lowest BCUT2D eigenvalue weighted by molar-refractivity contribution is -0.116. The maximum absolute atomic E-state index is 12.0. The summed E-state index contributed by atoms with van der Waals surface area (Å²) in [6, 6.07) is 12.2. The molecule has 0 saturated heterocycles.